The minimum absolute atomic E-state index is 0.110. The maximum Gasteiger partial charge on any atom is 0.223 e. The van der Waals surface area contributed by atoms with Crippen LogP contribution in [0.1, 0.15) is 37.3 Å². The van der Waals surface area contributed by atoms with Crippen molar-refractivity contribution in [3.63, 3.8) is 0 Å². The summed E-state index contributed by atoms with van der Waals surface area (Å²) in [6.07, 6.45) is 0.716. The van der Waals surface area contributed by atoms with E-state index >= 15 is 0 Å². The van der Waals surface area contributed by atoms with Gasteiger partial charge < -0.3 is 5.73 Å². The minimum Gasteiger partial charge on any atom is -0.368 e. The summed E-state index contributed by atoms with van der Waals surface area (Å²) in [5, 5.41) is 2.05. The van der Waals surface area contributed by atoms with Crippen molar-refractivity contribution < 1.29 is 0 Å². The van der Waals surface area contributed by atoms with Gasteiger partial charge in [-0.3, -0.25) is 0 Å². The molecule has 17 heavy (non-hydrogen) atoms. The molecule has 0 unspecified atom stereocenters. The summed E-state index contributed by atoms with van der Waals surface area (Å²) in [6.45, 7) is 6.20. The number of anilines is 1. The molecule has 2 N–H and O–H groups in total. The van der Waals surface area contributed by atoms with Crippen molar-refractivity contribution >= 4 is 17.3 Å². The zero-order valence-corrected chi connectivity index (χ0v) is 11.1. The normalized spacial score (nSPS) is 11.7. The quantitative estimate of drug-likeness (QED) is 0.886. The number of aromatic nitrogens is 3. The van der Waals surface area contributed by atoms with Gasteiger partial charge in [0.2, 0.25) is 5.95 Å². The molecule has 2 rings (SSSR count). The number of nitrogens with zero attached hydrogens (tertiary/aromatic N) is 3. The highest BCUT2D eigenvalue weighted by atomic mass is 32.1. The van der Waals surface area contributed by atoms with Crippen LogP contribution in [-0.4, -0.2) is 15.0 Å². The zero-order chi connectivity index (χ0) is 12.5. The number of nitrogens with two attached hydrogens (primary N) is 1. The first kappa shape index (κ1) is 12.0. The van der Waals surface area contributed by atoms with E-state index in [4.69, 9.17) is 5.73 Å². The molecule has 0 aliphatic carbocycles. The highest BCUT2D eigenvalue weighted by Crippen LogP contribution is 2.20. The molecule has 0 bridgehead atoms. The molecule has 2 heterocycles. The maximum atomic E-state index is 5.73. The fraction of sp³-hybridized carbons (Fsp3) is 0.417. The SMILES string of the molecule is CC(C)(C)c1nc(N)nc(Cc2cccs2)n1. The lowest BCUT2D eigenvalue weighted by Gasteiger charge is -2.16. The van der Waals surface area contributed by atoms with Crippen molar-refractivity contribution in [1.29, 1.82) is 0 Å². The van der Waals surface area contributed by atoms with Crippen molar-refractivity contribution in [2.24, 2.45) is 0 Å². The number of nitrogen functional groups attached to an aromatic ring is 1. The summed E-state index contributed by atoms with van der Waals surface area (Å²) in [5.41, 5.74) is 5.62. The average molecular weight is 248 g/mol. The van der Waals surface area contributed by atoms with E-state index in [0.29, 0.717) is 12.4 Å². The molecule has 0 saturated heterocycles. The van der Waals surface area contributed by atoms with E-state index in [9.17, 15) is 0 Å². The Kier molecular flexibility index (Phi) is 3.11. The first-order valence-electron chi connectivity index (χ1n) is 5.48. The molecule has 5 heteroatoms. The molecule has 0 fully saturated rings. The van der Waals surface area contributed by atoms with Crippen molar-refractivity contribution in [2.75, 3.05) is 5.73 Å². The molecule has 2 aromatic heterocycles. The Morgan fingerprint density at radius 1 is 1.24 bits per heavy atom. The van der Waals surface area contributed by atoms with Crippen LogP contribution in [0.4, 0.5) is 5.95 Å². The van der Waals surface area contributed by atoms with Gasteiger partial charge in [-0.1, -0.05) is 26.8 Å². The van der Waals surface area contributed by atoms with Crippen LogP contribution < -0.4 is 5.73 Å². The Labute approximate surface area is 105 Å². The molecule has 0 saturated carbocycles. The minimum atomic E-state index is -0.110. The average Bonchev–Trinajstić information content (AvgIpc) is 2.68. The van der Waals surface area contributed by atoms with Crippen LogP contribution in [0.15, 0.2) is 17.5 Å². The molecule has 0 spiro atoms. The van der Waals surface area contributed by atoms with Crippen molar-refractivity contribution in [1.82, 2.24) is 15.0 Å². The van der Waals surface area contributed by atoms with Crippen LogP contribution in [0.25, 0.3) is 0 Å². The van der Waals surface area contributed by atoms with Crippen molar-refractivity contribution in [3.05, 3.63) is 34.0 Å². The summed E-state index contributed by atoms with van der Waals surface area (Å²) in [5.74, 6) is 1.79. The predicted octanol–water partition coefficient (Wildman–Crippen LogP) is 2.40. The Hall–Kier alpha value is -1.49. The molecule has 0 aliphatic heterocycles. The van der Waals surface area contributed by atoms with Crippen LogP contribution >= 0.6 is 11.3 Å². The monoisotopic (exact) mass is 248 g/mol. The zero-order valence-electron chi connectivity index (χ0n) is 10.3. The van der Waals surface area contributed by atoms with Crippen molar-refractivity contribution in [3.8, 4) is 0 Å². The third-order valence-corrected chi connectivity index (χ3v) is 3.16. The third kappa shape index (κ3) is 3.00. The van der Waals surface area contributed by atoms with Crippen LogP contribution in [0.5, 0.6) is 0 Å². The molecule has 4 nitrogen and oxygen atoms in total. The number of thiophene rings is 1. The van der Waals surface area contributed by atoms with Gasteiger partial charge in [-0.15, -0.1) is 11.3 Å². The van der Waals surface area contributed by atoms with E-state index in [2.05, 4.69) is 41.8 Å². The van der Waals surface area contributed by atoms with E-state index in [1.54, 1.807) is 11.3 Å². The second-order valence-corrected chi connectivity index (χ2v) is 5.97. The topological polar surface area (TPSA) is 64.7 Å². The molecule has 0 aliphatic rings. The summed E-state index contributed by atoms with van der Waals surface area (Å²) < 4.78 is 0. The summed E-state index contributed by atoms with van der Waals surface area (Å²) in [7, 11) is 0. The highest BCUT2D eigenvalue weighted by molar-refractivity contribution is 7.09. The van der Waals surface area contributed by atoms with Gasteiger partial charge in [0, 0.05) is 16.7 Å². The van der Waals surface area contributed by atoms with Crippen molar-refractivity contribution in [2.45, 2.75) is 32.6 Å². The van der Waals surface area contributed by atoms with Gasteiger partial charge in [-0.2, -0.15) is 9.97 Å². The first-order valence-corrected chi connectivity index (χ1v) is 6.36. The highest BCUT2D eigenvalue weighted by Gasteiger charge is 2.19. The fourth-order valence-electron chi connectivity index (χ4n) is 1.42. The van der Waals surface area contributed by atoms with Gasteiger partial charge in [-0.25, -0.2) is 4.98 Å². The van der Waals surface area contributed by atoms with E-state index in [-0.39, 0.29) is 5.41 Å². The van der Waals surface area contributed by atoms with Crippen LogP contribution in [-0.2, 0) is 11.8 Å². The molecule has 90 valence electrons. The molecular weight excluding hydrogens is 232 g/mol. The summed E-state index contributed by atoms with van der Waals surface area (Å²) >= 11 is 1.70. The van der Waals surface area contributed by atoms with E-state index in [0.717, 1.165) is 11.6 Å². The molecule has 0 amide bonds. The number of hydrogen-bond donors (Lipinski definition) is 1. The lowest BCUT2D eigenvalue weighted by molar-refractivity contribution is 0.538. The predicted molar refractivity (Wildman–Crippen MR) is 70.1 cm³/mol. The van der Waals surface area contributed by atoms with E-state index in [1.165, 1.54) is 4.88 Å². The Bertz CT molecular complexity index is 500. The third-order valence-electron chi connectivity index (χ3n) is 2.28. The Morgan fingerprint density at radius 3 is 2.59 bits per heavy atom. The van der Waals surface area contributed by atoms with Gasteiger partial charge in [-0.05, 0) is 11.4 Å². The van der Waals surface area contributed by atoms with Gasteiger partial charge in [0.15, 0.2) is 0 Å². The second-order valence-electron chi connectivity index (χ2n) is 4.94. The lowest BCUT2D eigenvalue weighted by atomic mass is 9.96. The summed E-state index contributed by atoms with van der Waals surface area (Å²) in [4.78, 5) is 14.1. The molecule has 0 radical (unpaired) electrons. The lowest BCUT2D eigenvalue weighted by Crippen LogP contribution is -2.19. The van der Waals surface area contributed by atoms with Crippen LogP contribution in [0, 0.1) is 0 Å². The van der Waals surface area contributed by atoms with Gasteiger partial charge in [0.25, 0.3) is 0 Å². The molecule has 0 aromatic carbocycles. The summed E-state index contributed by atoms with van der Waals surface area (Å²) in [6, 6.07) is 4.09. The fourth-order valence-corrected chi connectivity index (χ4v) is 2.12. The van der Waals surface area contributed by atoms with E-state index < -0.39 is 0 Å². The Balaban J connectivity index is 2.32. The van der Waals surface area contributed by atoms with Gasteiger partial charge >= 0.3 is 0 Å². The van der Waals surface area contributed by atoms with Crippen LogP contribution in [0.2, 0.25) is 0 Å². The molecular formula is C12H16N4S. The Morgan fingerprint density at radius 2 is 2.00 bits per heavy atom. The van der Waals surface area contributed by atoms with Gasteiger partial charge in [0.1, 0.15) is 11.6 Å². The van der Waals surface area contributed by atoms with Gasteiger partial charge in [0.05, 0.1) is 0 Å². The second kappa shape index (κ2) is 4.41. The first-order chi connectivity index (χ1) is 7.95. The molecule has 0 atom stereocenters. The molecule has 2 aromatic rings. The number of rotatable bonds is 2. The maximum absolute atomic E-state index is 5.73. The van der Waals surface area contributed by atoms with E-state index in [1.807, 2.05) is 11.4 Å². The smallest absolute Gasteiger partial charge is 0.223 e. The van der Waals surface area contributed by atoms with Crippen LogP contribution in [0.3, 0.4) is 0 Å². The largest absolute Gasteiger partial charge is 0.368 e. The standard InChI is InChI=1S/C12H16N4S/c1-12(2,3)10-14-9(15-11(13)16-10)7-8-5-4-6-17-8/h4-6H,7H2,1-3H3,(H2,13,14,15,16). The number of hydrogen-bond acceptors (Lipinski definition) is 5.